The third-order valence-electron chi connectivity index (χ3n) is 8.77. The van der Waals surface area contributed by atoms with Gasteiger partial charge in [0.25, 0.3) is 0 Å². The normalized spacial score (nSPS) is 18.1. The topological polar surface area (TPSA) is 161 Å². The molecule has 2 aliphatic rings. The number of piperazine rings is 1. The van der Waals surface area contributed by atoms with Crippen molar-refractivity contribution in [3.63, 3.8) is 0 Å². The minimum absolute atomic E-state index is 0.0909. The van der Waals surface area contributed by atoms with Gasteiger partial charge in [-0.15, -0.1) is 0 Å². The molecule has 2 saturated heterocycles. The molecule has 4 heterocycles. The number of thiazole rings is 1. The highest BCUT2D eigenvalue weighted by molar-refractivity contribution is 7.22. The summed E-state index contributed by atoms with van der Waals surface area (Å²) in [6, 6.07) is 14.8. The fourth-order valence-corrected chi connectivity index (χ4v) is 7.67. The van der Waals surface area contributed by atoms with Crippen LogP contribution in [-0.2, 0) is 29.1 Å². The predicted octanol–water partition coefficient (Wildman–Crippen LogP) is 4.58. The standard InChI is InChI=1S/C33H32Cl2N8O5S/c1-2-10-41(32(46)37-14-19-6-8-21(34)22(35)11-19)42-17-28(44)43-24(12-18-7-9-23-25(13-18)48-33(47)38-23)30(45)40(16-27(42)43)15-20-4-3-5-26-29(20)39-31(36)49-26/h3-9,11,13,24,27H,2,10,12,14-17H2,1H3,(H2,36,39)(H,37,46)(H,38,47)/t24-,27+/m0/s1. The first-order chi connectivity index (χ1) is 23.6. The molecule has 2 aliphatic heterocycles. The van der Waals surface area contributed by atoms with Crippen LogP contribution >= 0.6 is 34.5 Å². The van der Waals surface area contributed by atoms with Gasteiger partial charge in [-0.25, -0.2) is 14.6 Å². The van der Waals surface area contributed by atoms with Crippen LogP contribution in [0.2, 0.25) is 10.0 Å². The van der Waals surface area contributed by atoms with E-state index >= 15 is 0 Å². The first-order valence-corrected chi connectivity index (χ1v) is 17.3. The Kier molecular flexibility index (Phi) is 8.96. The molecule has 5 aromatic rings. The average Bonchev–Trinajstić information content (AvgIpc) is 3.75. The summed E-state index contributed by atoms with van der Waals surface area (Å²) < 4.78 is 6.17. The lowest BCUT2D eigenvalue weighted by atomic mass is 9.99. The summed E-state index contributed by atoms with van der Waals surface area (Å²) in [5.41, 5.74) is 9.93. The molecule has 2 aromatic heterocycles. The summed E-state index contributed by atoms with van der Waals surface area (Å²) in [7, 11) is 0. The number of H-pyrrole nitrogens is 1. The van der Waals surface area contributed by atoms with Gasteiger partial charge in [-0.2, -0.15) is 5.01 Å². The molecular formula is C33H32Cl2N8O5S. The van der Waals surface area contributed by atoms with Crippen LogP contribution in [0.25, 0.3) is 21.3 Å². The van der Waals surface area contributed by atoms with Crippen LogP contribution in [0.5, 0.6) is 0 Å². The van der Waals surface area contributed by atoms with Gasteiger partial charge in [0, 0.05) is 26.1 Å². The molecule has 49 heavy (non-hydrogen) atoms. The molecule has 0 bridgehead atoms. The number of oxazole rings is 1. The number of carbonyl (C=O) groups excluding carboxylic acids is 3. The number of benzene rings is 3. The minimum atomic E-state index is -0.887. The average molecular weight is 724 g/mol. The lowest BCUT2D eigenvalue weighted by Gasteiger charge is -2.46. The highest BCUT2D eigenvalue weighted by Crippen LogP contribution is 2.33. The lowest BCUT2D eigenvalue weighted by Crippen LogP contribution is -2.66. The largest absolute Gasteiger partial charge is 0.417 e. The quantitative estimate of drug-likeness (QED) is 0.199. The van der Waals surface area contributed by atoms with Gasteiger partial charge >= 0.3 is 11.8 Å². The van der Waals surface area contributed by atoms with Crippen molar-refractivity contribution in [2.75, 3.05) is 25.4 Å². The number of nitrogens with one attached hydrogen (secondary N) is 2. The molecule has 3 aromatic carbocycles. The summed E-state index contributed by atoms with van der Waals surface area (Å²) in [6.07, 6.45) is 0.159. The number of carbonyl (C=O) groups is 3. The zero-order valence-corrected chi connectivity index (χ0v) is 28.6. The number of aromatic amines is 1. The highest BCUT2D eigenvalue weighted by Gasteiger charge is 2.52. The first-order valence-electron chi connectivity index (χ1n) is 15.7. The van der Waals surface area contributed by atoms with Gasteiger partial charge in [-0.05, 0) is 53.4 Å². The second kappa shape index (κ2) is 13.3. The number of anilines is 1. The molecule has 16 heteroatoms. The van der Waals surface area contributed by atoms with Crippen LogP contribution in [0.3, 0.4) is 0 Å². The Hall–Kier alpha value is -4.63. The van der Waals surface area contributed by atoms with Crippen molar-refractivity contribution in [3.8, 4) is 0 Å². The Morgan fingerprint density at radius 3 is 2.73 bits per heavy atom. The van der Waals surface area contributed by atoms with Crippen molar-refractivity contribution < 1.29 is 18.8 Å². The van der Waals surface area contributed by atoms with E-state index in [1.165, 1.54) is 11.3 Å². The summed E-state index contributed by atoms with van der Waals surface area (Å²) in [6.45, 7) is 2.77. The first kappa shape index (κ1) is 32.9. The van der Waals surface area contributed by atoms with Crippen molar-refractivity contribution in [3.05, 3.63) is 91.9 Å². The Balaban J connectivity index is 1.21. The summed E-state index contributed by atoms with van der Waals surface area (Å²) in [4.78, 5) is 64.2. The number of halogens is 2. The second-order valence-corrected chi connectivity index (χ2v) is 13.9. The van der Waals surface area contributed by atoms with E-state index < -0.39 is 24.0 Å². The van der Waals surface area contributed by atoms with Gasteiger partial charge in [0.2, 0.25) is 11.8 Å². The van der Waals surface area contributed by atoms with E-state index in [-0.39, 0.29) is 44.4 Å². The number of hydrazine groups is 1. The van der Waals surface area contributed by atoms with Crippen LogP contribution in [0.1, 0.15) is 30.0 Å². The number of urea groups is 1. The zero-order chi connectivity index (χ0) is 34.4. The van der Waals surface area contributed by atoms with Gasteiger partial charge in [0.05, 0.1) is 38.9 Å². The fourth-order valence-electron chi connectivity index (χ4n) is 6.56. The molecule has 2 atom stereocenters. The summed E-state index contributed by atoms with van der Waals surface area (Å²) in [5.74, 6) is -1.10. The van der Waals surface area contributed by atoms with Crippen molar-refractivity contribution >= 4 is 78.8 Å². The number of nitrogens with zero attached hydrogens (tertiary/aromatic N) is 5. The van der Waals surface area contributed by atoms with Crippen LogP contribution in [0, 0.1) is 0 Å². The molecular weight excluding hydrogens is 691 g/mol. The number of amides is 4. The van der Waals surface area contributed by atoms with Gasteiger partial charge in [-0.1, -0.05) is 65.7 Å². The second-order valence-electron chi connectivity index (χ2n) is 12.0. The third kappa shape index (κ3) is 6.44. The highest BCUT2D eigenvalue weighted by atomic mass is 35.5. The van der Waals surface area contributed by atoms with Gasteiger partial charge < -0.3 is 25.3 Å². The van der Waals surface area contributed by atoms with Crippen molar-refractivity contribution in [1.29, 1.82) is 0 Å². The van der Waals surface area contributed by atoms with E-state index in [4.69, 9.17) is 33.4 Å². The maximum Gasteiger partial charge on any atom is 0.417 e. The number of para-hydroxylation sites is 1. The number of nitrogen functional groups attached to an aromatic ring is 1. The van der Waals surface area contributed by atoms with E-state index in [1.807, 2.05) is 25.1 Å². The van der Waals surface area contributed by atoms with Gasteiger partial charge in [-0.3, -0.25) is 19.6 Å². The maximum atomic E-state index is 14.4. The van der Waals surface area contributed by atoms with E-state index in [9.17, 15) is 19.2 Å². The van der Waals surface area contributed by atoms with Gasteiger partial charge in [0.15, 0.2) is 10.7 Å². The summed E-state index contributed by atoms with van der Waals surface area (Å²) in [5, 5.41) is 7.47. The van der Waals surface area contributed by atoms with Crippen LogP contribution in [0.4, 0.5) is 9.93 Å². The Bertz CT molecular complexity index is 2150. The Morgan fingerprint density at radius 1 is 1.12 bits per heavy atom. The van der Waals surface area contributed by atoms with Gasteiger partial charge in [0.1, 0.15) is 12.2 Å². The fraction of sp³-hybridized carbons (Fsp3) is 0.303. The third-order valence-corrected chi connectivity index (χ3v) is 10.4. The van der Waals surface area contributed by atoms with Crippen molar-refractivity contribution in [2.24, 2.45) is 0 Å². The molecule has 13 nitrogen and oxygen atoms in total. The van der Waals surface area contributed by atoms with E-state index in [0.29, 0.717) is 44.8 Å². The molecule has 0 spiro atoms. The Labute approximate surface area is 294 Å². The molecule has 254 valence electrons. The van der Waals surface area contributed by atoms with E-state index in [0.717, 1.165) is 21.3 Å². The SMILES string of the molecule is CCCN(C(=O)NCc1ccc(Cl)c(Cl)c1)N1CC(=O)N2[C@@H](Cc3ccc4[nH]c(=O)oc4c3)C(=O)N(Cc3cccc4sc(N)nc34)C[C@@H]21. The lowest BCUT2D eigenvalue weighted by molar-refractivity contribution is -0.157. The van der Waals surface area contributed by atoms with Crippen molar-refractivity contribution in [2.45, 2.75) is 45.1 Å². The van der Waals surface area contributed by atoms with E-state index in [1.54, 1.807) is 56.2 Å². The van der Waals surface area contributed by atoms with Crippen LogP contribution in [-0.4, -0.2) is 79.5 Å². The van der Waals surface area contributed by atoms with Crippen molar-refractivity contribution in [1.82, 2.24) is 35.1 Å². The number of rotatable bonds is 9. The molecule has 2 fully saturated rings. The Morgan fingerprint density at radius 2 is 1.94 bits per heavy atom. The van der Waals surface area contributed by atoms with Crippen LogP contribution < -0.4 is 16.8 Å². The molecule has 0 saturated carbocycles. The minimum Gasteiger partial charge on any atom is -0.408 e. The molecule has 4 amide bonds. The monoisotopic (exact) mass is 722 g/mol. The molecule has 0 radical (unpaired) electrons. The predicted molar refractivity (Wildman–Crippen MR) is 187 cm³/mol. The smallest absolute Gasteiger partial charge is 0.408 e. The van der Waals surface area contributed by atoms with Crippen LogP contribution in [0.15, 0.2) is 63.8 Å². The summed E-state index contributed by atoms with van der Waals surface area (Å²) >= 11 is 13.6. The number of hydrogen-bond acceptors (Lipinski definition) is 9. The number of hydrogen-bond donors (Lipinski definition) is 3. The molecule has 0 aliphatic carbocycles. The number of fused-ring (bicyclic) bond motifs is 3. The van der Waals surface area contributed by atoms with E-state index in [2.05, 4.69) is 15.3 Å². The number of nitrogens with two attached hydrogens (primary N) is 1. The zero-order valence-electron chi connectivity index (χ0n) is 26.3. The molecule has 7 rings (SSSR count). The maximum absolute atomic E-state index is 14.4. The number of aromatic nitrogens is 2. The molecule has 0 unspecified atom stereocenters. The molecule has 4 N–H and O–H groups in total.